The number of aromatic nitrogens is 4. The van der Waals surface area contributed by atoms with Gasteiger partial charge in [0.15, 0.2) is 5.82 Å². The summed E-state index contributed by atoms with van der Waals surface area (Å²) in [4.78, 5) is 7.18. The van der Waals surface area contributed by atoms with Crippen molar-refractivity contribution in [2.75, 3.05) is 45.2 Å². The van der Waals surface area contributed by atoms with Crippen LogP contribution in [0.3, 0.4) is 0 Å². The molecule has 1 unspecified atom stereocenters. The number of nitrogens with zero attached hydrogens (tertiary/aromatic N) is 7. The molecule has 0 saturated carbocycles. The molecule has 0 radical (unpaired) electrons. The summed E-state index contributed by atoms with van der Waals surface area (Å²) in [5.74, 6) is 0.920. The molecule has 1 aromatic heterocycles. The Balaban J connectivity index is 1.56. The third-order valence-corrected chi connectivity index (χ3v) is 6.00. The van der Waals surface area contributed by atoms with Crippen LogP contribution in [-0.4, -0.2) is 70.3 Å². The first-order valence-electron chi connectivity index (χ1n) is 11.1. The van der Waals surface area contributed by atoms with Crippen LogP contribution in [0.4, 0.5) is 5.69 Å². The lowest BCUT2D eigenvalue weighted by Crippen LogP contribution is -2.48. The minimum absolute atomic E-state index is 0.0486. The van der Waals surface area contributed by atoms with Crippen molar-refractivity contribution >= 4 is 5.69 Å². The summed E-state index contributed by atoms with van der Waals surface area (Å²) >= 11 is 0. The van der Waals surface area contributed by atoms with Crippen LogP contribution in [0.15, 0.2) is 54.6 Å². The molecule has 0 bridgehead atoms. The molecule has 0 N–H and O–H groups in total. The van der Waals surface area contributed by atoms with Gasteiger partial charge in [-0.2, -0.15) is 0 Å². The molecule has 1 aliphatic heterocycles. The fourth-order valence-corrected chi connectivity index (χ4v) is 4.25. The molecule has 0 aliphatic carbocycles. The zero-order valence-electron chi connectivity index (χ0n) is 19.0. The molecule has 7 heteroatoms. The molecule has 3 aromatic rings. The van der Waals surface area contributed by atoms with Crippen molar-refractivity contribution in [3.8, 4) is 0 Å². The molecule has 7 nitrogen and oxygen atoms in total. The molecule has 2 heterocycles. The minimum atomic E-state index is 0.0486. The Kier molecular flexibility index (Phi) is 6.63. The van der Waals surface area contributed by atoms with E-state index in [-0.39, 0.29) is 12.1 Å². The summed E-state index contributed by atoms with van der Waals surface area (Å²) in [6, 6.07) is 19.8. The molecule has 0 amide bonds. The second-order valence-electron chi connectivity index (χ2n) is 8.76. The van der Waals surface area contributed by atoms with E-state index in [1.807, 2.05) is 4.68 Å². The fourth-order valence-electron chi connectivity index (χ4n) is 4.25. The van der Waals surface area contributed by atoms with Gasteiger partial charge < -0.3 is 4.90 Å². The number of anilines is 1. The van der Waals surface area contributed by atoms with E-state index in [0.717, 1.165) is 38.5 Å². The van der Waals surface area contributed by atoms with E-state index < -0.39 is 0 Å². The maximum atomic E-state index is 4.47. The smallest absolute Gasteiger partial charge is 0.173 e. The number of hydrogen-bond acceptors (Lipinski definition) is 6. The quantitative estimate of drug-likeness (QED) is 0.586. The standard InChI is InChI=1S/C24H33N7/c1-19(2)31-24(25-26-27-31)23(21-10-12-22(13-11-21)28(3)4)30-16-14-29(15-17-30)18-20-8-6-5-7-9-20/h5-13,19,23H,14-18H2,1-4H3. The van der Waals surface area contributed by atoms with Gasteiger partial charge in [-0.25, -0.2) is 4.68 Å². The Morgan fingerprint density at radius 1 is 0.903 bits per heavy atom. The molecule has 1 fully saturated rings. The zero-order chi connectivity index (χ0) is 21.8. The molecular formula is C24H33N7. The van der Waals surface area contributed by atoms with E-state index in [1.54, 1.807) is 0 Å². The lowest BCUT2D eigenvalue weighted by molar-refractivity contribution is 0.0996. The number of rotatable bonds is 7. The number of hydrogen-bond donors (Lipinski definition) is 0. The fraction of sp³-hybridized carbons (Fsp3) is 0.458. The molecular weight excluding hydrogens is 386 g/mol. The van der Waals surface area contributed by atoms with Crippen LogP contribution in [-0.2, 0) is 6.54 Å². The number of tetrazole rings is 1. The van der Waals surface area contributed by atoms with E-state index in [0.29, 0.717) is 0 Å². The van der Waals surface area contributed by atoms with Crippen LogP contribution in [0, 0.1) is 0 Å². The maximum absolute atomic E-state index is 4.47. The first-order valence-corrected chi connectivity index (χ1v) is 11.1. The van der Waals surface area contributed by atoms with Crippen LogP contribution in [0.5, 0.6) is 0 Å². The van der Waals surface area contributed by atoms with Crippen molar-refractivity contribution in [2.45, 2.75) is 32.5 Å². The predicted molar refractivity (Wildman–Crippen MR) is 124 cm³/mol. The van der Waals surface area contributed by atoms with E-state index in [4.69, 9.17) is 0 Å². The van der Waals surface area contributed by atoms with Crippen LogP contribution in [0.2, 0.25) is 0 Å². The molecule has 1 atom stereocenters. The van der Waals surface area contributed by atoms with Crippen molar-refractivity contribution < 1.29 is 0 Å². The number of piperazine rings is 1. The largest absolute Gasteiger partial charge is 0.378 e. The van der Waals surface area contributed by atoms with Crippen molar-refractivity contribution in [3.05, 3.63) is 71.5 Å². The van der Waals surface area contributed by atoms with E-state index in [1.165, 1.54) is 16.8 Å². The molecule has 164 valence electrons. The molecule has 1 aliphatic rings. The molecule has 4 rings (SSSR count). The van der Waals surface area contributed by atoms with Crippen LogP contribution < -0.4 is 4.90 Å². The molecule has 0 spiro atoms. The van der Waals surface area contributed by atoms with Gasteiger partial charge >= 0.3 is 0 Å². The second-order valence-corrected chi connectivity index (χ2v) is 8.76. The highest BCUT2D eigenvalue weighted by Gasteiger charge is 2.31. The summed E-state index contributed by atoms with van der Waals surface area (Å²) < 4.78 is 1.96. The van der Waals surface area contributed by atoms with E-state index in [2.05, 4.69) is 113 Å². The van der Waals surface area contributed by atoms with E-state index >= 15 is 0 Å². The highest BCUT2D eigenvalue weighted by Crippen LogP contribution is 2.30. The van der Waals surface area contributed by atoms with Gasteiger partial charge in [0.25, 0.3) is 0 Å². The van der Waals surface area contributed by atoms with Crippen LogP contribution in [0.25, 0.3) is 0 Å². The summed E-state index contributed by atoms with van der Waals surface area (Å²) in [6.07, 6.45) is 0. The van der Waals surface area contributed by atoms with Crippen molar-refractivity contribution in [3.63, 3.8) is 0 Å². The average Bonchev–Trinajstić information content (AvgIpc) is 3.26. The Labute approximate surface area is 185 Å². The third-order valence-electron chi connectivity index (χ3n) is 6.00. The lowest BCUT2D eigenvalue weighted by Gasteiger charge is -2.39. The summed E-state index contributed by atoms with van der Waals surface area (Å²) in [7, 11) is 4.13. The highest BCUT2D eigenvalue weighted by atomic mass is 15.6. The van der Waals surface area contributed by atoms with Crippen molar-refractivity contribution in [2.24, 2.45) is 0 Å². The van der Waals surface area contributed by atoms with E-state index in [9.17, 15) is 0 Å². The number of benzene rings is 2. The van der Waals surface area contributed by atoms with Gasteiger partial charge in [0.1, 0.15) is 0 Å². The zero-order valence-corrected chi connectivity index (χ0v) is 19.0. The van der Waals surface area contributed by atoms with Crippen molar-refractivity contribution in [1.82, 2.24) is 30.0 Å². The van der Waals surface area contributed by atoms with Gasteiger partial charge in [-0.3, -0.25) is 9.80 Å². The highest BCUT2D eigenvalue weighted by molar-refractivity contribution is 5.47. The third kappa shape index (κ3) is 4.94. The predicted octanol–water partition coefficient (Wildman–Crippen LogP) is 3.23. The Morgan fingerprint density at radius 2 is 1.58 bits per heavy atom. The minimum Gasteiger partial charge on any atom is -0.378 e. The van der Waals surface area contributed by atoms with Gasteiger partial charge in [-0.1, -0.05) is 42.5 Å². The summed E-state index contributed by atoms with van der Waals surface area (Å²) in [6.45, 7) is 9.29. The monoisotopic (exact) mass is 419 g/mol. The van der Waals surface area contributed by atoms with Crippen molar-refractivity contribution in [1.29, 1.82) is 0 Å². The van der Waals surface area contributed by atoms with Gasteiger partial charge in [0.2, 0.25) is 0 Å². The Morgan fingerprint density at radius 3 is 2.19 bits per heavy atom. The molecule has 31 heavy (non-hydrogen) atoms. The van der Waals surface area contributed by atoms with Gasteiger partial charge in [0.05, 0.1) is 12.1 Å². The van der Waals surface area contributed by atoms with Crippen LogP contribution >= 0.6 is 0 Å². The summed E-state index contributed by atoms with van der Waals surface area (Å²) in [5, 5.41) is 12.8. The average molecular weight is 420 g/mol. The molecule has 2 aromatic carbocycles. The van der Waals surface area contributed by atoms with Gasteiger partial charge in [-0.15, -0.1) is 5.10 Å². The van der Waals surface area contributed by atoms with Crippen LogP contribution in [0.1, 0.15) is 42.9 Å². The molecule has 1 saturated heterocycles. The van der Waals surface area contributed by atoms with Gasteiger partial charge in [0, 0.05) is 52.5 Å². The lowest BCUT2D eigenvalue weighted by atomic mass is 10.0. The first-order chi connectivity index (χ1) is 15.0. The Bertz CT molecular complexity index is 942. The topological polar surface area (TPSA) is 53.3 Å². The summed E-state index contributed by atoms with van der Waals surface area (Å²) in [5.41, 5.74) is 3.80. The SMILES string of the molecule is CC(C)n1nnnc1C(c1ccc(N(C)C)cc1)N1CCN(Cc2ccccc2)CC1. The second kappa shape index (κ2) is 9.58. The first kappa shape index (κ1) is 21.5. The van der Waals surface area contributed by atoms with Gasteiger partial charge in [-0.05, 0) is 47.5 Å². The normalized spacial score (nSPS) is 16.5. The maximum Gasteiger partial charge on any atom is 0.173 e. The Hall–Kier alpha value is -2.77.